The Bertz CT molecular complexity index is 277. The highest BCUT2D eigenvalue weighted by Gasteiger charge is 2.57. The fraction of sp³-hybridized carbons (Fsp3) is 0.700. The summed E-state index contributed by atoms with van der Waals surface area (Å²) in [6.45, 7) is 2.26. The normalized spacial score (nSPS) is 52.1. The molecule has 3 atom stereocenters. The number of ketones is 1. The van der Waals surface area contributed by atoms with Gasteiger partial charge in [0.1, 0.15) is 0 Å². The van der Waals surface area contributed by atoms with Crippen LogP contribution in [0.3, 0.4) is 0 Å². The van der Waals surface area contributed by atoms with E-state index in [1.807, 2.05) is 6.08 Å². The smallest absolute Gasteiger partial charge is 0.156 e. The van der Waals surface area contributed by atoms with Crippen LogP contribution in [-0.2, 0) is 4.79 Å². The van der Waals surface area contributed by atoms with Crippen molar-refractivity contribution >= 4 is 5.78 Å². The maximum atomic E-state index is 11.1. The SMILES string of the molecule is C[C@@]12CC(=O)C=C1[C@H]1C[C@H]1C2. The molecule has 0 unspecified atom stereocenters. The number of hydrogen-bond donors (Lipinski definition) is 0. The van der Waals surface area contributed by atoms with E-state index in [4.69, 9.17) is 0 Å². The largest absolute Gasteiger partial charge is 0.295 e. The lowest BCUT2D eigenvalue weighted by Crippen LogP contribution is -2.13. The summed E-state index contributed by atoms with van der Waals surface area (Å²) >= 11 is 0. The Morgan fingerprint density at radius 3 is 3.18 bits per heavy atom. The average Bonchev–Trinajstić information content (AvgIpc) is 2.46. The average molecular weight is 148 g/mol. The van der Waals surface area contributed by atoms with Gasteiger partial charge < -0.3 is 0 Å². The molecule has 0 spiro atoms. The minimum atomic E-state index is 0.310. The zero-order chi connectivity index (χ0) is 7.64. The molecule has 0 amide bonds. The summed E-state index contributed by atoms with van der Waals surface area (Å²) in [5.74, 6) is 2.15. The van der Waals surface area contributed by atoms with Crippen molar-refractivity contribution in [2.45, 2.75) is 26.2 Å². The molecule has 0 aromatic heterocycles. The predicted molar refractivity (Wildman–Crippen MR) is 42.0 cm³/mol. The van der Waals surface area contributed by atoms with Crippen LogP contribution in [0.4, 0.5) is 0 Å². The van der Waals surface area contributed by atoms with E-state index in [9.17, 15) is 4.79 Å². The molecule has 3 aliphatic carbocycles. The monoisotopic (exact) mass is 148 g/mol. The van der Waals surface area contributed by atoms with E-state index in [0.717, 1.165) is 18.3 Å². The van der Waals surface area contributed by atoms with Gasteiger partial charge in [0.05, 0.1) is 0 Å². The molecule has 0 heterocycles. The first kappa shape index (κ1) is 5.99. The molecule has 0 aliphatic heterocycles. The first-order valence-corrected chi connectivity index (χ1v) is 4.44. The highest BCUT2D eigenvalue weighted by molar-refractivity contribution is 5.95. The molecule has 3 aliphatic rings. The van der Waals surface area contributed by atoms with Gasteiger partial charge in [-0.2, -0.15) is 0 Å². The molecule has 3 rings (SSSR count). The Balaban J connectivity index is 2.09. The van der Waals surface area contributed by atoms with Crippen LogP contribution in [0.2, 0.25) is 0 Å². The van der Waals surface area contributed by atoms with E-state index >= 15 is 0 Å². The maximum absolute atomic E-state index is 11.1. The first-order chi connectivity index (χ1) is 5.19. The molecule has 58 valence electrons. The Morgan fingerprint density at radius 1 is 1.64 bits per heavy atom. The van der Waals surface area contributed by atoms with E-state index in [2.05, 4.69) is 6.92 Å². The van der Waals surface area contributed by atoms with Crippen LogP contribution >= 0.6 is 0 Å². The molecule has 0 aromatic rings. The van der Waals surface area contributed by atoms with Gasteiger partial charge in [0.2, 0.25) is 0 Å². The highest BCUT2D eigenvalue weighted by Crippen LogP contribution is 2.66. The molecule has 0 N–H and O–H groups in total. The second kappa shape index (κ2) is 1.45. The quantitative estimate of drug-likeness (QED) is 0.513. The van der Waals surface area contributed by atoms with Crippen molar-refractivity contribution in [3.8, 4) is 0 Å². The predicted octanol–water partition coefficient (Wildman–Crippen LogP) is 1.93. The number of hydrogen-bond acceptors (Lipinski definition) is 1. The summed E-state index contributed by atoms with van der Waals surface area (Å²) < 4.78 is 0. The molecule has 2 saturated carbocycles. The van der Waals surface area contributed by atoms with Crippen molar-refractivity contribution in [2.24, 2.45) is 17.3 Å². The Hall–Kier alpha value is -0.590. The molecule has 2 fully saturated rings. The van der Waals surface area contributed by atoms with Gasteiger partial charge in [0.15, 0.2) is 5.78 Å². The number of fused-ring (bicyclic) bond motifs is 3. The third kappa shape index (κ3) is 0.597. The molecule has 11 heavy (non-hydrogen) atoms. The van der Waals surface area contributed by atoms with E-state index < -0.39 is 0 Å². The van der Waals surface area contributed by atoms with Gasteiger partial charge in [-0.25, -0.2) is 0 Å². The van der Waals surface area contributed by atoms with Crippen LogP contribution in [0, 0.1) is 17.3 Å². The van der Waals surface area contributed by atoms with Gasteiger partial charge >= 0.3 is 0 Å². The summed E-state index contributed by atoms with van der Waals surface area (Å²) in [6.07, 6.45) is 5.39. The fourth-order valence-electron chi connectivity index (χ4n) is 3.06. The van der Waals surface area contributed by atoms with Gasteiger partial charge in [-0.05, 0) is 36.2 Å². The zero-order valence-corrected chi connectivity index (χ0v) is 6.76. The molecule has 0 saturated heterocycles. The van der Waals surface area contributed by atoms with E-state index in [1.54, 1.807) is 0 Å². The molecule has 1 heteroatoms. The lowest BCUT2D eigenvalue weighted by Gasteiger charge is -2.21. The summed E-state index contributed by atoms with van der Waals surface area (Å²) in [4.78, 5) is 11.1. The van der Waals surface area contributed by atoms with Crippen LogP contribution < -0.4 is 0 Å². The van der Waals surface area contributed by atoms with Gasteiger partial charge in [-0.1, -0.05) is 12.5 Å². The number of carbonyl (C=O) groups is 1. The maximum Gasteiger partial charge on any atom is 0.156 e. The molecule has 0 radical (unpaired) electrons. The Labute approximate surface area is 66.5 Å². The third-order valence-corrected chi connectivity index (χ3v) is 3.61. The second-order valence-electron chi connectivity index (χ2n) is 4.61. The van der Waals surface area contributed by atoms with E-state index in [1.165, 1.54) is 18.4 Å². The third-order valence-electron chi connectivity index (χ3n) is 3.61. The summed E-state index contributed by atoms with van der Waals surface area (Å²) in [5.41, 5.74) is 1.80. The van der Waals surface area contributed by atoms with Crippen LogP contribution in [0.25, 0.3) is 0 Å². The number of allylic oxidation sites excluding steroid dienone is 2. The minimum absolute atomic E-state index is 0.310. The highest BCUT2D eigenvalue weighted by atomic mass is 16.1. The zero-order valence-electron chi connectivity index (χ0n) is 6.76. The second-order valence-corrected chi connectivity index (χ2v) is 4.61. The summed E-state index contributed by atoms with van der Waals surface area (Å²) in [6, 6.07) is 0. The van der Waals surface area contributed by atoms with Crippen molar-refractivity contribution in [1.29, 1.82) is 0 Å². The number of carbonyl (C=O) groups excluding carboxylic acids is 1. The van der Waals surface area contributed by atoms with Crippen LogP contribution in [-0.4, -0.2) is 5.78 Å². The lowest BCUT2D eigenvalue weighted by molar-refractivity contribution is -0.115. The van der Waals surface area contributed by atoms with Crippen LogP contribution in [0.5, 0.6) is 0 Å². The van der Waals surface area contributed by atoms with E-state index in [0.29, 0.717) is 11.2 Å². The van der Waals surface area contributed by atoms with Crippen molar-refractivity contribution in [3.05, 3.63) is 11.6 Å². The molecular formula is C10H12O. The summed E-state index contributed by atoms with van der Waals surface area (Å²) in [7, 11) is 0. The van der Waals surface area contributed by atoms with Crippen molar-refractivity contribution < 1.29 is 4.79 Å². The topological polar surface area (TPSA) is 17.1 Å². The van der Waals surface area contributed by atoms with Crippen LogP contribution in [0.15, 0.2) is 11.6 Å². The fourth-order valence-corrected chi connectivity index (χ4v) is 3.06. The van der Waals surface area contributed by atoms with Crippen molar-refractivity contribution in [1.82, 2.24) is 0 Å². The van der Waals surface area contributed by atoms with Gasteiger partial charge in [-0.15, -0.1) is 0 Å². The Morgan fingerprint density at radius 2 is 2.45 bits per heavy atom. The molecular weight excluding hydrogens is 136 g/mol. The Kier molecular flexibility index (Phi) is 0.790. The molecule has 1 nitrogen and oxygen atoms in total. The van der Waals surface area contributed by atoms with Gasteiger partial charge in [-0.3, -0.25) is 4.79 Å². The molecule has 0 bridgehead atoms. The summed E-state index contributed by atoms with van der Waals surface area (Å²) in [5, 5.41) is 0. The van der Waals surface area contributed by atoms with Crippen molar-refractivity contribution in [2.75, 3.05) is 0 Å². The van der Waals surface area contributed by atoms with E-state index in [-0.39, 0.29) is 0 Å². The van der Waals surface area contributed by atoms with Crippen molar-refractivity contribution in [3.63, 3.8) is 0 Å². The standard InChI is InChI=1S/C10H12O/c1-10-4-6-2-8(6)9(10)3-7(11)5-10/h3,6,8H,2,4-5H2,1H3/t6-,8-,10+/m0/s1. The van der Waals surface area contributed by atoms with Gasteiger partial charge in [0.25, 0.3) is 0 Å². The van der Waals surface area contributed by atoms with Crippen LogP contribution in [0.1, 0.15) is 26.2 Å². The molecule has 0 aromatic carbocycles. The number of rotatable bonds is 0. The first-order valence-electron chi connectivity index (χ1n) is 4.44. The van der Waals surface area contributed by atoms with Gasteiger partial charge in [0, 0.05) is 6.42 Å². The lowest BCUT2D eigenvalue weighted by atomic mass is 9.82. The minimum Gasteiger partial charge on any atom is -0.295 e.